The highest BCUT2D eigenvalue weighted by Crippen LogP contribution is 2.07. The van der Waals surface area contributed by atoms with E-state index in [-0.39, 0.29) is 0 Å². The topological polar surface area (TPSA) is 26.0 Å². The molecule has 0 spiro atoms. The Morgan fingerprint density at radius 1 is 1.71 bits per heavy atom. The minimum atomic E-state index is 0.644. The molecule has 0 aromatic carbocycles. The molecule has 0 aromatic heterocycles. The summed E-state index contributed by atoms with van der Waals surface area (Å²) in [5, 5.41) is 5.92. The molecule has 0 aliphatic heterocycles. The maximum atomic E-state index is 5.27. The van der Waals surface area contributed by atoms with Gasteiger partial charge in [0.05, 0.1) is 0 Å². The van der Waals surface area contributed by atoms with Gasteiger partial charge in [0, 0.05) is 5.25 Å². The summed E-state index contributed by atoms with van der Waals surface area (Å²) >= 11 is 1.45. The van der Waals surface area contributed by atoms with Crippen molar-refractivity contribution in [2.45, 2.75) is 31.9 Å². The Bertz CT molecular complexity index is 39.1. The molecule has 0 saturated heterocycles. The molecule has 0 aliphatic carbocycles. The highest BCUT2D eigenvalue weighted by atomic mass is 32.2. The largest absolute Gasteiger partial charge is 0.278 e. The van der Waals surface area contributed by atoms with Crippen molar-refractivity contribution < 1.29 is 0 Å². The van der Waals surface area contributed by atoms with Gasteiger partial charge in [-0.15, -0.1) is 0 Å². The van der Waals surface area contributed by atoms with Gasteiger partial charge in [-0.3, -0.25) is 5.14 Å². The Labute approximate surface area is 49.8 Å². The lowest BCUT2D eigenvalue weighted by atomic mass is 10.3. The lowest BCUT2D eigenvalue weighted by molar-refractivity contribution is 0.787. The molecule has 0 aromatic rings. The summed E-state index contributed by atoms with van der Waals surface area (Å²) in [5.41, 5.74) is 0. The second-order valence-corrected chi connectivity index (χ2v) is 2.81. The first-order valence-electron chi connectivity index (χ1n) is 2.66. The van der Waals surface area contributed by atoms with Gasteiger partial charge in [0.15, 0.2) is 0 Å². The molecule has 0 radical (unpaired) electrons. The first-order chi connectivity index (χ1) is 3.31. The molecular formula is C5H13NS. The summed E-state index contributed by atoms with van der Waals surface area (Å²) in [6, 6.07) is 0. The van der Waals surface area contributed by atoms with Crippen LogP contribution >= 0.6 is 11.9 Å². The van der Waals surface area contributed by atoms with E-state index in [1.807, 2.05) is 0 Å². The number of hydrogen-bond acceptors (Lipinski definition) is 2. The number of hydrogen-bond donors (Lipinski definition) is 1. The molecule has 0 saturated carbocycles. The van der Waals surface area contributed by atoms with Gasteiger partial charge >= 0.3 is 0 Å². The molecule has 1 nitrogen and oxygen atoms in total. The minimum Gasteiger partial charge on any atom is -0.278 e. The molecule has 0 amide bonds. The molecule has 44 valence electrons. The van der Waals surface area contributed by atoms with Gasteiger partial charge in [-0.05, 0) is 6.42 Å². The van der Waals surface area contributed by atoms with Crippen molar-refractivity contribution in [3.63, 3.8) is 0 Å². The van der Waals surface area contributed by atoms with Gasteiger partial charge in [-0.1, -0.05) is 32.2 Å². The molecule has 0 heterocycles. The van der Waals surface area contributed by atoms with E-state index in [0.29, 0.717) is 5.25 Å². The Morgan fingerprint density at radius 3 is 2.43 bits per heavy atom. The van der Waals surface area contributed by atoms with Crippen molar-refractivity contribution in [2.75, 3.05) is 0 Å². The molecule has 2 N–H and O–H groups in total. The molecule has 0 aliphatic rings. The zero-order valence-electron chi connectivity index (χ0n) is 4.98. The van der Waals surface area contributed by atoms with Crippen LogP contribution in [0.25, 0.3) is 0 Å². The third kappa shape index (κ3) is 4.16. The standard InChI is InChI=1S/C5H13NS/c1-3-4-5(2)7-6/h5H,3-4,6H2,1-2H3. The molecule has 0 rings (SSSR count). The number of rotatable bonds is 3. The average Bonchev–Trinajstić information content (AvgIpc) is 1.68. The Kier molecular flexibility index (Phi) is 4.67. The van der Waals surface area contributed by atoms with Gasteiger partial charge in [0.1, 0.15) is 0 Å². The van der Waals surface area contributed by atoms with E-state index in [4.69, 9.17) is 5.14 Å². The maximum Gasteiger partial charge on any atom is 0.0162 e. The predicted molar refractivity (Wildman–Crippen MR) is 36.1 cm³/mol. The summed E-state index contributed by atoms with van der Waals surface area (Å²) in [6.07, 6.45) is 2.48. The third-order valence-electron chi connectivity index (χ3n) is 0.928. The molecular weight excluding hydrogens is 106 g/mol. The van der Waals surface area contributed by atoms with E-state index in [2.05, 4.69) is 13.8 Å². The quantitative estimate of drug-likeness (QED) is 0.573. The first kappa shape index (κ1) is 7.31. The highest BCUT2D eigenvalue weighted by Gasteiger charge is 1.93. The summed E-state index contributed by atoms with van der Waals surface area (Å²) in [4.78, 5) is 0. The van der Waals surface area contributed by atoms with E-state index >= 15 is 0 Å². The maximum absolute atomic E-state index is 5.27. The minimum absolute atomic E-state index is 0.644. The fourth-order valence-corrected chi connectivity index (χ4v) is 0.846. The second kappa shape index (κ2) is 4.47. The van der Waals surface area contributed by atoms with E-state index in [1.165, 1.54) is 24.8 Å². The molecule has 0 bridgehead atoms. The average molecular weight is 119 g/mol. The smallest absolute Gasteiger partial charge is 0.0162 e. The van der Waals surface area contributed by atoms with E-state index < -0.39 is 0 Å². The normalized spacial score (nSPS) is 14.1. The Morgan fingerprint density at radius 2 is 2.29 bits per heavy atom. The van der Waals surface area contributed by atoms with Crippen molar-refractivity contribution in [3.05, 3.63) is 0 Å². The van der Waals surface area contributed by atoms with Crippen LogP contribution in [0.5, 0.6) is 0 Å². The van der Waals surface area contributed by atoms with Crippen LogP contribution < -0.4 is 5.14 Å². The van der Waals surface area contributed by atoms with Crippen LogP contribution in [-0.4, -0.2) is 5.25 Å². The van der Waals surface area contributed by atoms with E-state index in [9.17, 15) is 0 Å². The zero-order valence-corrected chi connectivity index (χ0v) is 5.79. The van der Waals surface area contributed by atoms with Crippen LogP contribution in [0.1, 0.15) is 26.7 Å². The first-order valence-corrected chi connectivity index (χ1v) is 3.61. The van der Waals surface area contributed by atoms with Crippen molar-refractivity contribution in [1.29, 1.82) is 0 Å². The van der Waals surface area contributed by atoms with Crippen molar-refractivity contribution >= 4 is 11.9 Å². The van der Waals surface area contributed by atoms with Crippen LogP contribution in [0.4, 0.5) is 0 Å². The van der Waals surface area contributed by atoms with E-state index in [0.717, 1.165) is 0 Å². The van der Waals surface area contributed by atoms with Crippen LogP contribution in [0.2, 0.25) is 0 Å². The molecule has 0 fully saturated rings. The molecule has 1 unspecified atom stereocenters. The van der Waals surface area contributed by atoms with Crippen LogP contribution in [0.3, 0.4) is 0 Å². The van der Waals surface area contributed by atoms with Crippen molar-refractivity contribution in [2.24, 2.45) is 5.14 Å². The third-order valence-corrected chi connectivity index (χ3v) is 1.63. The lowest BCUT2D eigenvalue weighted by Crippen LogP contribution is -1.97. The monoisotopic (exact) mass is 119 g/mol. The van der Waals surface area contributed by atoms with Crippen molar-refractivity contribution in [3.8, 4) is 0 Å². The molecule has 1 atom stereocenters. The zero-order chi connectivity index (χ0) is 5.70. The van der Waals surface area contributed by atoms with Crippen molar-refractivity contribution in [1.82, 2.24) is 0 Å². The SMILES string of the molecule is CCCC(C)SN. The van der Waals surface area contributed by atoms with Gasteiger partial charge in [0.2, 0.25) is 0 Å². The molecule has 7 heavy (non-hydrogen) atoms. The summed E-state index contributed by atoms with van der Waals surface area (Å²) in [6.45, 7) is 4.32. The fraction of sp³-hybridized carbons (Fsp3) is 1.00. The second-order valence-electron chi connectivity index (χ2n) is 1.74. The lowest BCUT2D eigenvalue weighted by Gasteiger charge is -2.01. The van der Waals surface area contributed by atoms with Gasteiger partial charge in [-0.2, -0.15) is 0 Å². The van der Waals surface area contributed by atoms with Crippen LogP contribution in [-0.2, 0) is 0 Å². The summed E-state index contributed by atoms with van der Waals surface area (Å²) < 4.78 is 0. The Hall–Kier alpha value is 0.310. The molecule has 2 heteroatoms. The predicted octanol–water partition coefficient (Wildman–Crippen LogP) is 1.78. The number of nitrogens with two attached hydrogens (primary N) is 1. The van der Waals surface area contributed by atoms with Crippen LogP contribution in [0.15, 0.2) is 0 Å². The summed E-state index contributed by atoms with van der Waals surface area (Å²) in [5.74, 6) is 0. The van der Waals surface area contributed by atoms with E-state index in [1.54, 1.807) is 0 Å². The highest BCUT2D eigenvalue weighted by molar-refractivity contribution is 7.97. The van der Waals surface area contributed by atoms with Crippen LogP contribution in [0, 0.1) is 0 Å². The fourth-order valence-electron chi connectivity index (χ4n) is 0.475. The van der Waals surface area contributed by atoms with Gasteiger partial charge in [0.25, 0.3) is 0 Å². The summed E-state index contributed by atoms with van der Waals surface area (Å²) in [7, 11) is 0. The van der Waals surface area contributed by atoms with Gasteiger partial charge in [-0.25, -0.2) is 0 Å². The van der Waals surface area contributed by atoms with Gasteiger partial charge < -0.3 is 0 Å². The Balaban J connectivity index is 2.83.